The van der Waals surface area contributed by atoms with Crippen molar-refractivity contribution in [2.45, 2.75) is 25.2 Å². The van der Waals surface area contributed by atoms with E-state index in [9.17, 15) is 9.90 Å². The van der Waals surface area contributed by atoms with Crippen molar-refractivity contribution in [2.24, 2.45) is 0 Å². The van der Waals surface area contributed by atoms with Crippen molar-refractivity contribution in [1.29, 1.82) is 0 Å². The van der Waals surface area contributed by atoms with Crippen LogP contribution in [0.4, 0.5) is 0 Å². The summed E-state index contributed by atoms with van der Waals surface area (Å²) in [5.41, 5.74) is 0.370. The third-order valence-corrected chi connectivity index (χ3v) is 3.54. The number of hydrogen-bond donors (Lipinski definition) is 2. The summed E-state index contributed by atoms with van der Waals surface area (Å²) in [6.07, 6.45) is 1.47. The third-order valence-electron chi connectivity index (χ3n) is 3.54. The molecule has 0 atom stereocenters. The van der Waals surface area contributed by atoms with Crippen LogP contribution in [0.3, 0.4) is 0 Å². The number of benzene rings is 1. The zero-order valence-corrected chi connectivity index (χ0v) is 10.6. The summed E-state index contributed by atoms with van der Waals surface area (Å²) in [5.74, 6) is 0.0592. The maximum atomic E-state index is 12.3. The van der Waals surface area contributed by atoms with E-state index in [4.69, 9.17) is 4.74 Å². The fourth-order valence-electron chi connectivity index (χ4n) is 2.51. The summed E-state index contributed by atoms with van der Waals surface area (Å²) < 4.78 is 5.24. The van der Waals surface area contributed by atoms with Crippen LogP contribution >= 0.6 is 0 Å². The number of esters is 1. The fourth-order valence-corrected chi connectivity index (χ4v) is 2.51. The molecule has 1 aliphatic rings. The predicted octanol–water partition coefficient (Wildman–Crippen LogP) is 1.58. The zero-order valence-electron chi connectivity index (χ0n) is 10.6. The number of carbonyl (C=O) groups is 1. The van der Waals surface area contributed by atoms with Gasteiger partial charge in [0.25, 0.3) is 0 Å². The van der Waals surface area contributed by atoms with Crippen molar-refractivity contribution in [3.05, 3.63) is 29.8 Å². The molecule has 0 amide bonds. The second-order valence-electron chi connectivity index (χ2n) is 4.60. The number of piperidine rings is 1. The first-order valence-electron chi connectivity index (χ1n) is 6.36. The van der Waals surface area contributed by atoms with Gasteiger partial charge in [0.15, 0.2) is 0 Å². The lowest BCUT2D eigenvalue weighted by Crippen LogP contribution is -2.46. The van der Waals surface area contributed by atoms with E-state index in [2.05, 4.69) is 5.32 Å². The van der Waals surface area contributed by atoms with Gasteiger partial charge in [0.1, 0.15) is 5.75 Å². The molecule has 1 heterocycles. The van der Waals surface area contributed by atoms with E-state index in [0.29, 0.717) is 6.61 Å². The molecule has 1 aromatic carbocycles. The molecule has 2 N–H and O–H groups in total. The van der Waals surface area contributed by atoms with Gasteiger partial charge in [-0.05, 0) is 50.6 Å². The van der Waals surface area contributed by atoms with Crippen molar-refractivity contribution in [3.8, 4) is 5.75 Å². The Bertz CT molecular complexity index is 408. The summed E-state index contributed by atoms with van der Waals surface area (Å²) in [6, 6.07) is 6.88. The molecule has 0 aromatic heterocycles. The van der Waals surface area contributed by atoms with Crippen LogP contribution in [0, 0.1) is 0 Å². The number of carbonyl (C=O) groups excluding carboxylic acids is 1. The minimum Gasteiger partial charge on any atom is -0.508 e. The quantitative estimate of drug-likeness (QED) is 0.798. The van der Waals surface area contributed by atoms with Crippen LogP contribution in [-0.2, 0) is 14.9 Å². The number of phenolic OH excluding ortho intramolecular Hbond substituents is 1. The van der Waals surface area contributed by atoms with Crippen molar-refractivity contribution in [2.75, 3.05) is 19.7 Å². The van der Waals surface area contributed by atoms with Crippen molar-refractivity contribution in [3.63, 3.8) is 0 Å². The van der Waals surface area contributed by atoms with E-state index in [1.54, 1.807) is 12.1 Å². The molecular weight excluding hydrogens is 230 g/mol. The Morgan fingerprint density at radius 3 is 2.50 bits per heavy atom. The largest absolute Gasteiger partial charge is 0.508 e. The van der Waals surface area contributed by atoms with Gasteiger partial charge in [-0.25, -0.2) is 0 Å². The highest BCUT2D eigenvalue weighted by Crippen LogP contribution is 2.35. The van der Waals surface area contributed by atoms with Gasteiger partial charge in [-0.3, -0.25) is 4.79 Å². The molecule has 0 spiro atoms. The van der Waals surface area contributed by atoms with E-state index >= 15 is 0 Å². The Labute approximate surface area is 107 Å². The van der Waals surface area contributed by atoms with Crippen LogP contribution in [0.25, 0.3) is 0 Å². The molecule has 4 heteroatoms. The van der Waals surface area contributed by atoms with Gasteiger partial charge in [-0.15, -0.1) is 0 Å². The highest BCUT2D eigenvalue weighted by atomic mass is 16.5. The number of ether oxygens (including phenoxy) is 1. The first-order valence-corrected chi connectivity index (χ1v) is 6.36. The Morgan fingerprint density at radius 1 is 1.33 bits per heavy atom. The van der Waals surface area contributed by atoms with E-state index in [0.717, 1.165) is 31.5 Å². The maximum absolute atomic E-state index is 12.3. The fraction of sp³-hybridized carbons (Fsp3) is 0.500. The number of nitrogens with one attached hydrogen (secondary N) is 1. The standard InChI is InChI=1S/C14H19NO3/c1-2-18-13(17)14(7-9-15-10-8-14)11-3-5-12(16)6-4-11/h3-6,15-16H,2,7-10H2,1H3. The normalized spacial score (nSPS) is 18.3. The molecule has 18 heavy (non-hydrogen) atoms. The molecule has 98 valence electrons. The molecule has 0 radical (unpaired) electrons. The van der Waals surface area contributed by atoms with E-state index in [1.807, 2.05) is 19.1 Å². The van der Waals surface area contributed by atoms with Crippen LogP contribution in [0.1, 0.15) is 25.3 Å². The monoisotopic (exact) mass is 249 g/mol. The molecule has 0 aliphatic carbocycles. The maximum Gasteiger partial charge on any atom is 0.316 e. The van der Waals surface area contributed by atoms with E-state index < -0.39 is 5.41 Å². The Hall–Kier alpha value is -1.55. The average molecular weight is 249 g/mol. The predicted molar refractivity (Wildman–Crippen MR) is 68.5 cm³/mol. The zero-order chi connectivity index (χ0) is 13.0. The first kappa shape index (κ1) is 12.9. The van der Waals surface area contributed by atoms with Crippen LogP contribution < -0.4 is 5.32 Å². The lowest BCUT2D eigenvalue weighted by molar-refractivity contribution is -0.151. The highest BCUT2D eigenvalue weighted by Gasteiger charge is 2.42. The summed E-state index contributed by atoms with van der Waals surface area (Å²) in [4.78, 5) is 12.3. The number of hydrogen-bond acceptors (Lipinski definition) is 4. The molecule has 2 rings (SSSR count). The SMILES string of the molecule is CCOC(=O)C1(c2ccc(O)cc2)CCNCC1. The second-order valence-corrected chi connectivity index (χ2v) is 4.60. The lowest BCUT2D eigenvalue weighted by atomic mass is 9.73. The number of rotatable bonds is 3. The van der Waals surface area contributed by atoms with Gasteiger partial charge >= 0.3 is 5.97 Å². The average Bonchev–Trinajstić information content (AvgIpc) is 2.40. The molecule has 4 nitrogen and oxygen atoms in total. The lowest BCUT2D eigenvalue weighted by Gasteiger charge is -2.35. The van der Waals surface area contributed by atoms with Crippen molar-refractivity contribution >= 4 is 5.97 Å². The van der Waals surface area contributed by atoms with Crippen LogP contribution in [0.2, 0.25) is 0 Å². The Kier molecular flexibility index (Phi) is 3.87. The van der Waals surface area contributed by atoms with E-state index in [-0.39, 0.29) is 11.7 Å². The van der Waals surface area contributed by atoms with Crippen LogP contribution in [0.5, 0.6) is 5.75 Å². The molecule has 1 saturated heterocycles. The first-order chi connectivity index (χ1) is 8.69. The summed E-state index contributed by atoms with van der Waals surface area (Å²) in [5, 5.41) is 12.6. The molecule has 0 saturated carbocycles. The molecule has 0 unspecified atom stereocenters. The van der Waals surface area contributed by atoms with Gasteiger partial charge < -0.3 is 15.2 Å². The van der Waals surface area contributed by atoms with Crippen LogP contribution in [0.15, 0.2) is 24.3 Å². The second kappa shape index (κ2) is 5.40. The number of phenols is 1. The van der Waals surface area contributed by atoms with Gasteiger partial charge in [0, 0.05) is 0 Å². The third kappa shape index (κ3) is 2.34. The Morgan fingerprint density at radius 2 is 1.94 bits per heavy atom. The summed E-state index contributed by atoms with van der Waals surface area (Å²) >= 11 is 0. The van der Waals surface area contributed by atoms with Gasteiger partial charge in [-0.2, -0.15) is 0 Å². The topological polar surface area (TPSA) is 58.6 Å². The van der Waals surface area contributed by atoms with Gasteiger partial charge in [-0.1, -0.05) is 12.1 Å². The molecule has 1 aliphatic heterocycles. The molecule has 1 aromatic rings. The van der Waals surface area contributed by atoms with Gasteiger partial charge in [0.05, 0.1) is 12.0 Å². The number of aromatic hydroxyl groups is 1. The molecule has 1 fully saturated rings. The summed E-state index contributed by atoms with van der Waals surface area (Å²) in [6.45, 7) is 3.83. The summed E-state index contributed by atoms with van der Waals surface area (Å²) in [7, 11) is 0. The minimum absolute atomic E-state index is 0.155. The molecular formula is C14H19NO3. The van der Waals surface area contributed by atoms with Crippen LogP contribution in [-0.4, -0.2) is 30.8 Å². The van der Waals surface area contributed by atoms with Gasteiger partial charge in [0.2, 0.25) is 0 Å². The van der Waals surface area contributed by atoms with E-state index in [1.165, 1.54) is 0 Å². The van der Waals surface area contributed by atoms with Crippen molar-refractivity contribution in [1.82, 2.24) is 5.32 Å². The molecule has 0 bridgehead atoms. The highest BCUT2D eigenvalue weighted by molar-refractivity contribution is 5.83. The minimum atomic E-state index is -0.561. The smallest absolute Gasteiger partial charge is 0.316 e. The van der Waals surface area contributed by atoms with Crippen molar-refractivity contribution < 1.29 is 14.6 Å². The Balaban J connectivity index is 2.34.